The van der Waals surface area contributed by atoms with E-state index >= 15 is 0 Å². The Morgan fingerprint density at radius 2 is 1.78 bits per heavy atom. The van der Waals surface area contributed by atoms with Crippen molar-refractivity contribution in [1.82, 2.24) is 35.0 Å². The molecule has 0 spiro atoms. The minimum Gasteiger partial charge on any atom is -0.321 e. The molecule has 194 valence electrons. The van der Waals surface area contributed by atoms with Crippen LogP contribution >= 0.6 is 0 Å². The molecule has 1 aliphatic heterocycles. The average molecular weight is 492 g/mol. The van der Waals surface area contributed by atoms with Crippen molar-refractivity contribution >= 4 is 10.9 Å². The number of piperazine rings is 1. The normalized spacial score (nSPS) is 19.7. The van der Waals surface area contributed by atoms with Gasteiger partial charge in [-0.1, -0.05) is 37.8 Å². The van der Waals surface area contributed by atoms with E-state index in [2.05, 4.69) is 83.1 Å². The van der Waals surface area contributed by atoms with Crippen LogP contribution in [-0.4, -0.2) is 67.2 Å². The summed E-state index contributed by atoms with van der Waals surface area (Å²) in [4.78, 5) is 21.9. The molecule has 3 aromatic rings. The minimum atomic E-state index is -0.298. The average Bonchev–Trinajstić information content (AvgIpc) is 3.36. The van der Waals surface area contributed by atoms with Crippen LogP contribution in [0.4, 0.5) is 0 Å². The maximum atomic E-state index is 13.6. The van der Waals surface area contributed by atoms with E-state index in [1.807, 2.05) is 4.68 Å². The van der Waals surface area contributed by atoms with Crippen molar-refractivity contribution in [2.45, 2.75) is 90.8 Å². The molecule has 0 bridgehead atoms. The Bertz CT molecular complexity index is 1260. The number of tetrazole rings is 1. The molecule has 0 radical (unpaired) electrons. The van der Waals surface area contributed by atoms with Crippen LogP contribution in [0.2, 0.25) is 0 Å². The molecule has 0 amide bonds. The number of aryl methyl sites for hydroxylation is 2. The van der Waals surface area contributed by atoms with E-state index in [1.165, 1.54) is 37.7 Å². The molecule has 2 aliphatic rings. The highest BCUT2D eigenvalue weighted by atomic mass is 16.1. The lowest BCUT2D eigenvalue weighted by Gasteiger charge is -2.43. The lowest BCUT2D eigenvalue weighted by atomic mass is 9.93. The van der Waals surface area contributed by atoms with Gasteiger partial charge in [-0.05, 0) is 80.5 Å². The number of benzene rings is 1. The van der Waals surface area contributed by atoms with E-state index in [-0.39, 0.29) is 17.1 Å². The third kappa shape index (κ3) is 4.73. The number of pyridine rings is 1. The second-order valence-electron chi connectivity index (χ2n) is 11.5. The third-order valence-electron chi connectivity index (χ3n) is 8.60. The summed E-state index contributed by atoms with van der Waals surface area (Å²) in [5, 5.41) is 14.1. The number of aromatic nitrogens is 5. The van der Waals surface area contributed by atoms with Gasteiger partial charge in [-0.2, -0.15) is 0 Å². The number of aromatic amines is 1. The molecule has 1 aromatic carbocycles. The van der Waals surface area contributed by atoms with Crippen molar-refractivity contribution in [1.29, 1.82) is 0 Å². The summed E-state index contributed by atoms with van der Waals surface area (Å²) in [5.41, 5.74) is 3.59. The van der Waals surface area contributed by atoms with Crippen molar-refractivity contribution in [2.24, 2.45) is 0 Å². The molecule has 5 rings (SSSR count). The first-order valence-corrected chi connectivity index (χ1v) is 13.7. The van der Waals surface area contributed by atoms with Gasteiger partial charge >= 0.3 is 0 Å². The number of hydrogen-bond donors (Lipinski definition) is 1. The topological polar surface area (TPSA) is 82.9 Å². The molecule has 8 heteroatoms. The van der Waals surface area contributed by atoms with Gasteiger partial charge < -0.3 is 4.98 Å². The van der Waals surface area contributed by atoms with Crippen LogP contribution in [0.3, 0.4) is 0 Å². The smallest absolute Gasteiger partial charge is 0.253 e. The van der Waals surface area contributed by atoms with E-state index in [0.717, 1.165) is 60.5 Å². The molecule has 36 heavy (non-hydrogen) atoms. The van der Waals surface area contributed by atoms with Crippen molar-refractivity contribution < 1.29 is 0 Å². The summed E-state index contributed by atoms with van der Waals surface area (Å²) in [6.07, 6.45) is 7.59. The largest absolute Gasteiger partial charge is 0.321 e. The van der Waals surface area contributed by atoms with Gasteiger partial charge in [-0.3, -0.25) is 14.6 Å². The molecule has 1 saturated carbocycles. The molecule has 1 N–H and O–H groups in total. The van der Waals surface area contributed by atoms with Gasteiger partial charge in [0.1, 0.15) is 6.04 Å². The minimum absolute atomic E-state index is 0.0574. The van der Waals surface area contributed by atoms with Gasteiger partial charge in [0.2, 0.25) is 0 Å². The Kier molecular flexibility index (Phi) is 7.01. The predicted octanol–water partition coefficient (Wildman–Crippen LogP) is 4.32. The fourth-order valence-electron chi connectivity index (χ4n) is 6.16. The van der Waals surface area contributed by atoms with Crippen LogP contribution < -0.4 is 5.56 Å². The van der Waals surface area contributed by atoms with E-state index in [1.54, 1.807) is 0 Å². The highest BCUT2D eigenvalue weighted by Crippen LogP contribution is 2.32. The Morgan fingerprint density at radius 3 is 2.47 bits per heavy atom. The Balaban J connectivity index is 1.56. The zero-order valence-electron chi connectivity index (χ0n) is 22.5. The highest BCUT2D eigenvalue weighted by Gasteiger charge is 2.36. The van der Waals surface area contributed by atoms with E-state index in [0.29, 0.717) is 6.04 Å². The first-order valence-electron chi connectivity index (χ1n) is 13.7. The zero-order valence-corrected chi connectivity index (χ0v) is 22.5. The van der Waals surface area contributed by atoms with Crippen LogP contribution in [0, 0.1) is 13.8 Å². The van der Waals surface area contributed by atoms with Crippen molar-refractivity contribution in [3.05, 3.63) is 51.1 Å². The van der Waals surface area contributed by atoms with Gasteiger partial charge in [0.05, 0.1) is 11.1 Å². The fraction of sp³-hybridized carbons (Fsp3) is 0.643. The molecule has 2 fully saturated rings. The van der Waals surface area contributed by atoms with Crippen molar-refractivity contribution in [3.8, 4) is 0 Å². The second-order valence-corrected chi connectivity index (χ2v) is 11.5. The zero-order chi connectivity index (χ0) is 25.4. The number of hydrogen-bond acceptors (Lipinski definition) is 6. The van der Waals surface area contributed by atoms with Gasteiger partial charge in [-0.15, -0.1) is 5.10 Å². The molecule has 0 unspecified atom stereocenters. The maximum absolute atomic E-state index is 13.6. The van der Waals surface area contributed by atoms with Gasteiger partial charge in [0, 0.05) is 37.8 Å². The van der Waals surface area contributed by atoms with Crippen LogP contribution in [0.15, 0.2) is 23.0 Å². The third-order valence-corrected chi connectivity index (χ3v) is 8.60. The molecular weight excluding hydrogens is 450 g/mol. The molecular formula is C28H41N7O. The number of nitrogens with one attached hydrogen (secondary N) is 1. The summed E-state index contributed by atoms with van der Waals surface area (Å²) in [5.74, 6) is 0.752. The summed E-state index contributed by atoms with van der Waals surface area (Å²) in [6.45, 7) is 14.4. The van der Waals surface area contributed by atoms with E-state index in [9.17, 15) is 4.79 Å². The molecule has 1 aliphatic carbocycles. The van der Waals surface area contributed by atoms with Gasteiger partial charge in [-0.25, -0.2) is 4.68 Å². The molecule has 1 atom stereocenters. The summed E-state index contributed by atoms with van der Waals surface area (Å²) in [7, 11) is 0. The highest BCUT2D eigenvalue weighted by molar-refractivity contribution is 5.83. The Labute approximate surface area is 214 Å². The van der Waals surface area contributed by atoms with Crippen LogP contribution in [-0.2, 0) is 5.54 Å². The number of nitrogens with zero attached hydrogens (tertiary/aromatic N) is 6. The predicted molar refractivity (Wildman–Crippen MR) is 143 cm³/mol. The summed E-state index contributed by atoms with van der Waals surface area (Å²) >= 11 is 0. The molecule has 3 heterocycles. The van der Waals surface area contributed by atoms with Gasteiger partial charge in [0.15, 0.2) is 5.82 Å². The van der Waals surface area contributed by atoms with Crippen LogP contribution in [0.5, 0.6) is 0 Å². The van der Waals surface area contributed by atoms with Crippen molar-refractivity contribution in [3.63, 3.8) is 0 Å². The Morgan fingerprint density at radius 1 is 1.06 bits per heavy atom. The molecule has 8 nitrogen and oxygen atoms in total. The summed E-state index contributed by atoms with van der Waals surface area (Å²) < 4.78 is 1.94. The fourth-order valence-corrected chi connectivity index (χ4v) is 6.16. The quantitative estimate of drug-likeness (QED) is 0.553. The van der Waals surface area contributed by atoms with E-state index in [4.69, 9.17) is 0 Å². The number of H-pyrrole nitrogens is 1. The standard InChI is InChI=1S/C28H41N7O/c1-6-28(4,5)35-26(30-31-32-35)25(34-14-12-33(13-15-34)22-10-8-7-9-11-22)23-18-21-17-19(2)16-20(3)24(21)29-27(23)36/h16-18,22,25H,6-15H2,1-5H3,(H,29,36)/t25-/m0/s1. The Hall–Kier alpha value is -2.58. The van der Waals surface area contributed by atoms with Crippen molar-refractivity contribution in [2.75, 3.05) is 26.2 Å². The first kappa shape index (κ1) is 25.1. The SMILES string of the molecule is CCC(C)(C)n1nnnc1[C@H](c1cc2cc(C)cc(C)c2[nH]c1=O)N1CCN(C2CCCCC2)CC1. The summed E-state index contributed by atoms with van der Waals surface area (Å²) in [6, 6.07) is 6.75. The second kappa shape index (κ2) is 10.1. The van der Waals surface area contributed by atoms with Gasteiger partial charge in [0.25, 0.3) is 5.56 Å². The van der Waals surface area contributed by atoms with E-state index < -0.39 is 0 Å². The number of fused-ring (bicyclic) bond motifs is 1. The maximum Gasteiger partial charge on any atom is 0.253 e. The van der Waals surface area contributed by atoms with Crippen LogP contribution in [0.25, 0.3) is 10.9 Å². The monoisotopic (exact) mass is 491 g/mol. The first-order chi connectivity index (χ1) is 17.3. The lowest BCUT2D eigenvalue weighted by molar-refractivity contribution is 0.0603. The number of rotatable bonds is 6. The lowest BCUT2D eigenvalue weighted by Crippen LogP contribution is -2.52. The molecule has 2 aromatic heterocycles. The van der Waals surface area contributed by atoms with Crippen LogP contribution in [0.1, 0.15) is 87.9 Å². The molecule has 1 saturated heterocycles.